The Morgan fingerprint density at radius 3 is 2.59 bits per heavy atom. The largest absolute Gasteiger partial charge is 0.545 e. The van der Waals surface area contributed by atoms with Crippen LogP contribution in [0, 0.1) is 0 Å². The Morgan fingerprint density at radius 2 is 2.00 bits per heavy atom. The second-order valence-corrected chi connectivity index (χ2v) is 2.84. The molecule has 2 amide bonds. The molecule has 0 aromatic carbocycles. The van der Waals surface area contributed by atoms with Crippen LogP contribution in [0.5, 0.6) is 0 Å². The van der Waals surface area contributed by atoms with Gasteiger partial charge in [-0.15, -0.1) is 0 Å². The Balaban J connectivity index is 2.44. The number of carbonyl (C=O) groups excluding carboxylic acids is 3. The molecule has 1 rings (SSSR count). The number of aromatic nitrogens is 1. The van der Waals surface area contributed by atoms with Crippen LogP contribution in [-0.2, 0) is 9.59 Å². The molecule has 0 saturated carbocycles. The number of hydrazine groups is 1. The monoisotopic (exact) mass is 234 g/mol. The molecule has 7 heteroatoms. The fourth-order valence-corrected chi connectivity index (χ4v) is 0.873. The van der Waals surface area contributed by atoms with E-state index in [1.54, 1.807) is 6.07 Å². The van der Waals surface area contributed by atoms with E-state index >= 15 is 0 Å². The third-order valence-electron chi connectivity index (χ3n) is 1.59. The van der Waals surface area contributed by atoms with E-state index < -0.39 is 17.8 Å². The van der Waals surface area contributed by atoms with E-state index in [9.17, 15) is 19.5 Å². The average Bonchev–Trinajstić information content (AvgIpc) is 2.34. The van der Waals surface area contributed by atoms with Crippen LogP contribution in [0.25, 0.3) is 0 Å². The highest BCUT2D eigenvalue weighted by Crippen LogP contribution is 1.93. The molecule has 0 aliphatic heterocycles. The number of carboxylic acid groups (broad SMARTS) is 1. The fourth-order valence-electron chi connectivity index (χ4n) is 0.873. The van der Waals surface area contributed by atoms with Gasteiger partial charge in [0.1, 0.15) is 0 Å². The maximum atomic E-state index is 11.4. The van der Waals surface area contributed by atoms with Gasteiger partial charge in [-0.2, -0.15) is 0 Å². The van der Waals surface area contributed by atoms with Gasteiger partial charge < -0.3 is 9.90 Å². The number of hydrogen-bond donors (Lipinski definition) is 2. The number of carbonyl (C=O) groups is 3. The molecule has 0 saturated heterocycles. The number of aliphatic carboxylic acids is 1. The van der Waals surface area contributed by atoms with E-state index in [2.05, 4.69) is 10.4 Å². The first-order valence-electron chi connectivity index (χ1n) is 4.49. The predicted molar refractivity (Wildman–Crippen MR) is 54.0 cm³/mol. The van der Waals surface area contributed by atoms with Crippen LogP contribution in [0.15, 0.2) is 36.7 Å². The van der Waals surface area contributed by atoms with Crippen LogP contribution < -0.4 is 16.0 Å². The molecule has 0 spiro atoms. The summed E-state index contributed by atoms with van der Waals surface area (Å²) in [5, 5.41) is 9.99. The molecule has 17 heavy (non-hydrogen) atoms. The van der Waals surface area contributed by atoms with E-state index in [1.165, 1.54) is 18.5 Å². The van der Waals surface area contributed by atoms with Gasteiger partial charge in [-0.3, -0.25) is 25.4 Å². The fraction of sp³-hybridized carbons (Fsp3) is 0. The minimum absolute atomic E-state index is 0.261. The van der Waals surface area contributed by atoms with Crippen molar-refractivity contribution in [3.05, 3.63) is 42.2 Å². The minimum Gasteiger partial charge on any atom is -0.545 e. The van der Waals surface area contributed by atoms with Gasteiger partial charge in [0, 0.05) is 18.5 Å². The maximum absolute atomic E-state index is 11.4. The molecule has 0 aliphatic rings. The molecular weight excluding hydrogens is 226 g/mol. The van der Waals surface area contributed by atoms with Crippen LogP contribution in [0.1, 0.15) is 10.4 Å². The van der Waals surface area contributed by atoms with E-state index in [0.29, 0.717) is 6.08 Å². The van der Waals surface area contributed by atoms with Crippen molar-refractivity contribution in [3.8, 4) is 0 Å². The summed E-state index contributed by atoms with van der Waals surface area (Å²) in [6.45, 7) is 0. The Labute approximate surface area is 96.1 Å². The van der Waals surface area contributed by atoms with Gasteiger partial charge in [-0.1, -0.05) is 0 Å². The number of hydrogen-bond acceptors (Lipinski definition) is 5. The van der Waals surface area contributed by atoms with E-state index in [-0.39, 0.29) is 5.56 Å². The van der Waals surface area contributed by atoms with Gasteiger partial charge in [0.25, 0.3) is 11.8 Å². The Hall–Kier alpha value is -2.70. The normalized spacial score (nSPS) is 9.88. The smallest absolute Gasteiger partial charge is 0.271 e. The highest BCUT2D eigenvalue weighted by molar-refractivity contribution is 5.97. The quantitative estimate of drug-likeness (QED) is 0.471. The topological polar surface area (TPSA) is 111 Å². The van der Waals surface area contributed by atoms with Crippen molar-refractivity contribution < 1.29 is 19.5 Å². The molecule has 1 heterocycles. The Kier molecular flexibility index (Phi) is 4.37. The molecule has 1 aromatic rings. The molecule has 0 atom stereocenters. The van der Waals surface area contributed by atoms with Crippen molar-refractivity contribution in [1.82, 2.24) is 15.8 Å². The first-order valence-corrected chi connectivity index (χ1v) is 4.49. The molecule has 2 N–H and O–H groups in total. The summed E-state index contributed by atoms with van der Waals surface area (Å²) in [4.78, 5) is 36.0. The molecular formula is C10H8N3O4-. The molecule has 1 aromatic heterocycles. The maximum Gasteiger partial charge on any atom is 0.271 e. The summed E-state index contributed by atoms with van der Waals surface area (Å²) in [5.41, 5.74) is 4.33. The average molecular weight is 234 g/mol. The third kappa shape index (κ3) is 4.56. The van der Waals surface area contributed by atoms with E-state index in [0.717, 1.165) is 6.08 Å². The third-order valence-corrected chi connectivity index (χ3v) is 1.59. The SMILES string of the molecule is O=C([O-])/C=C/C(=O)NNC(=O)c1cccnc1. The summed E-state index contributed by atoms with van der Waals surface area (Å²) >= 11 is 0. The molecule has 0 bridgehead atoms. The van der Waals surface area contributed by atoms with Crippen molar-refractivity contribution in [1.29, 1.82) is 0 Å². The van der Waals surface area contributed by atoms with Crippen LogP contribution in [0.4, 0.5) is 0 Å². The van der Waals surface area contributed by atoms with Gasteiger partial charge in [0.05, 0.1) is 11.5 Å². The van der Waals surface area contributed by atoms with Crippen molar-refractivity contribution in [2.75, 3.05) is 0 Å². The van der Waals surface area contributed by atoms with Crippen molar-refractivity contribution >= 4 is 17.8 Å². The lowest BCUT2D eigenvalue weighted by Crippen LogP contribution is -2.41. The number of nitrogens with zero attached hydrogens (tertiary/aromatic N) is 1. The lowest BCUT2D eigenvalue weighted by atomic mass is 10.3. The summed E-state index contributed by atoms with van der Waals surface area (Å²) < 4.78 is 0. The number of pyridine rings is 1. The van der Waals surface area contributed by atoms with Gasteiger partial charge in [0.15, 0.2) is 0 Å². The van der Waals surface area contributed by atoms with E-state index in [4.69, 9.17) is 0 Å². The zero-order valence-corrected chi connectivity index (χ0v) is 8.54. The molecule has 0 aliphatic carbocycles. The van der Waals surface area contributed by atoms with Crippen molar-refractivity contribution in [2.24, 2.45) is 0 Å². The van der Waals surface area contributed by atoms with Crippen LogP contribution in [0.3, 0.4) is 0 Å². The molecule has 0 radical (unpaired) electrons. The van der Waals surface area contributed by atoms with Crippen molar-refractivity contribution in [2.45, 2.75) is 0 Å². The number of nitrogens with one attached hydrogen (secondary N) is 2. The first-order chi connectivity index (χ1) is 8.09. The van der Waals surface area contributed by atoms with Crippen LogP contribution in [-0.4, -0.2) is 22.8 Å². The summed E-state index contributed by atoms with van der Waals surface area (Å²) in [5.74, 6) is -2.85. The molecule has 88 valence electrons. The summed E-state index contributed by atoms with van der Waals surface area (Å²) in [7, 11) is 0. The van der Waals surface area contributed by atoms with Crippen LogP contribution >= 0.6 is 0 Å². The van der Waals surface area contributed by atoms with Gasteiger partial charge in [-0.25, -0.2) is 0 Å². The van der Waals surface area contributed by atoms with Crippen LogP contribution in [0.2, 0.25) is 0 Å². The van der Waals surface area contributed by atoms with E-state index in [1.807, 2.05) is 5.43 Å². The Bertz CT molecular complexity index is 456. The first kappa shape index (κ1) is 12.4. The highest BCUT2D eigenvalue weighted by Gasteiger charge is 2.04. The van der Waals surface area contributed by atoms with Crippen molar-refractivity contribution in [3.63, 3.8) is 0 Å². The lowest BCUT2D eigenvalue weighted by Gasteiger charge is -2.04. The predicted octanol–water partition coefficient (Wildman–Crippen LogP) is -1.85. The second-order valence-electron chi connectivity index (χ2n) is 2.84. The number of rotatable bonds is 3. The zero-order chi connectivity index (χ0) is 12.7. The molecule has 7 nitrogen and oxygen atoms in total. The summed E-state index contributed by atoms with van der Waals surface area (Å²) in [6.07, 6.45) is 4.08. The summed E-state index contributed by atoms with van der Waals surface area (Å²) in [6, 6.07) is 3.07. The molecule has 0 unspecified atom stereocenters. The lowest BCUT2D eigenvalue weighted by molar-refractivity contribution is -0.297. The minimum atomic E-state index is -1.50. The Morgan fingerprint density at radius 1 is 1.24 bits per heavy atom. The highest BCUT2D eigenvalue weighted by atomic mass is 16.4. The number of carboxylic acids is 1. The number of amides is 2. The van der Waals surface area contributed by atoms with Gasteiger partial charge in [-0.05, 0) is 18.2 Å². The standard InChI is InChI=1S/C10H9N3O4/c14-8(3-4-9(15)16)12-13-10(17)7-2-1-5-11-6-7/h1-6H,(H,12,14)(H,13,17)(H,15,16)/p-1/b4-3+. The zero-order valence-electron chi connectivity index (χ0n) is 8.54. The van der Waals surface area contributed by atoms with Gasteiger partial charge >= 0.3 is 0 Å². The molecule has 0 fully saturated rings. The van der Waals surface area contributed by atoms with Gasteiger partial charge in [0.2, 0.25) is 0 Å². The second kappa shape index (κ2) is 6.01.